The lowest BCUT2D eigenvalue weighted by molar-refractivity contribution is -0.133. The highest BCUT2D eigenvalue weighted by Crippen LogP contribution is 2.18. The Balaban J connectivity index is 1.88. The molecule has 0 atom stereocenters. The molecule has 0 bridgehead atoms. The summed E-state index contributed by atoms with van der Waals surface area (Å²) in [6, 6.07) is 3.11. The van der Waals surface area contributed by atoms with Crippen LogP contribution in [0.5, 0.6) is 0 Å². The van der Waals surface area contributed by atoms with Gasteiger partial charge in [0.15, 0.2) is 0 Å². The topological polar surface area (TPSA) is 62.3 Å². The van der Waals surface area contributed by atoms with Gasteiger partial charge in [0, 0.05) is 25.6 Å². The van der Waals surface area contributed by atoms with Crippen LogP contribution in [0, 0.1) is 5.92 Å². The van der Waals surface area contributed by atoms with E-state index < -0.39 is 0 Å². The number of aromatic nitrogens is 1. The first-order valence-electron chi connectivity index (χ1n) is 7.77. The molecule has 2 amide bonds. The number of nitrogens with one attached hydrogen (secondary N) is 1. The molecule has 2 heterocycles. The van der Waals surface area contributed by atoms with Crippen LogP contribution < -0.4 is 5.32 Å². The van der Waals surface area contributed by atoms with Gasteiger partial charge in [-0.3, -0.25) is 9.59 Å². The highest BCUT2D eigenvalue weighted by atomic mass is 35.5. The monoisotopic (exact) mass is 357 g/mol. The molecule has 0 radical (unpaired) electrons. The lowest BCUT2D eigenvalue weighted by atomic mass is 10.0. The Morgan fingerprint density at radius 1 is 1.30 bits per heavy atom. The van der Waals surface area contributed by atoms with Crippen molar-refractivity contribution in [1.29, 1.82) is 0 Å². The zero-order valence-corrected chi connectivity index (χ0v) is 14.8. The SMILES string of the molecule is CC(C)CC(=O)N1CCC(NC(=O)c2nc(Cl)ccc2Cl)CC1. The van der Waals surface area contributed by atoms with Gasteiger partial charge in [0.25, 0.3) is 5.91 Å². The van der Waals surface area contributed by atoms with E-state index in [4.69, 9.17) is 23.2 Å². The van der Waals surface area contributed by atoms with Gasteiger partial charge in [-0.05, 0) is 30.9 Å². The van der Waals surface area contributed by atoms with E-state index in [1.165, 1.54) is 0 Å². The Labute approximate surface area is 146 Å². The number of carbonyl (C=O) groups excluding carboxylic acids is 2. The van der Waals surface area contributed by atoms with Gasteiger partial charge in [0.05, 0.1) is 5.02 Å². The second kappa shape index (κ2) is 7.97. The molecule has 1 saturated heterocycles. The Morgan fingerprint density at radius 3 is 2.57 bits per heavy atom. The fraction of sp³-hybridized carbons (Fsp3) is 0.562. The van der Waals surface area contributed by atoms with Crippen LogP contribution in [-0.4, -0.2) is 40.8 Å². The number of likely N-dealkylation sites (tertiary alicyclic amines) is 1. The van der Waals surface area contributed by atoms with Gasteiger partial charge in [0.2, 0.25) is 5.91 Å². The van der Waals surface area contributed by atoms with Crippen molar-refractivity contribution >= 4 is 35.0 Å². The van der Waals surface area contributed by atoms with Gasteiger partial charge in [-0.15, -0.1) is 0 Å². The summed E-state index contributed by atoms with van der Waals surface area (Å²) in [6.07, 6.45) is 2.03. The molecule has 2 rings (SSSR count). The van der Waals surface area contributed by atoms with Gasteiger partial charge in [-0.2, -0.15) is 0 Å². The van der Waals surface area contributed by atoms with Crippen molar-refractivity contribution < 1.29 is 9.59 Å². The van der Waals surface area contributed by atoms with Crippen LogP contribution in [0.25, 0.3) is 0 Å². The van der Waals surface area contributed by atoms with Crippen LogP contribution in [0.2, 0.25) is 10.2 Å². The summed E-state index contributed by atoms with van der Waals surface area (Å²) >= 11 is 11.8. The largest absolute Gasteiger partial charge is 0.348 e. The van der Waals surface area contributed by atoms with Gasteiger partial charge in [-0.25, -0.2) is 4.98 Å². The number of rotatable bonds is 4. The molecule has 0 saturated carbocycles. The fourth-order valence-corrected chi connectivity index (χ4v) is 2.92. The van der Waals surface area contributed by atoms with Crippen molar-refractivity contribution in [2.45, 2.75) is 39.2 Å². The van der Waals surface area contributed by atoms with Crippen LogP contribution in [0.4, 0.5) is 0 Å². The minimum atomic E-state index is -0.329. The maximum Gasteiger partial charge on any atom is 0.271 e. The minimum Gasteiger partial charge on any atom is -0.348 e. The summed E-state index contributed by atoms with van der Waals surface area (Å²) in [6.45, 7) is 5.39. The van der Waals surface area contributed by atoms with Crippen molar-refractivity contribution in [1.82, 2.24) is 15.2 Å². The summed E-state index contributed by atoms with van der Waals surface area (Å²) in [4.78, 5) is 30.1. The minimum absolute atomic E-state index is 0.0162. The summed E-state index contributed by atoms with van der Waals surface area (Å²) in [5.41, 5.74) is 0.137. The number of amides is 2. The maximum atomic E-state index is 12.2. The smallest absolute Gasteiger partial charge is 0.271 e. The van der Waals surface area contributed by atoms with E-state index >= 15 is 0 Å². The molecule has 1 aliphatic rings. The number of hydrogen-bond donors (Lipinski definition) is 1. The fourth-order valence-electron chi connectivity index (χ4n) is 2.58. The van der Waals surface area contributed by atoms with Crippen LogP contribution >= 0.6 is 23.2 Å². The predicted molar refractivity (Wildman–Crippen MR) is 90.8 cm³/mol. The third-order valence-corrected chi connectivity index (χ3v) is 4.31. The Morgan fingerprint density at radius 2 is 1.96 bits per heavy atom. The third-order valence-electron chi connectivity index (χ3n) is 3.79. The standard InChI is InChI=1S/C16H21Cl2N3O2/c1-10(2)9-14(22)21-7-5-11(6-8-21)19-16(23)15-12(17)3-4-13(18)20-15/h3-4,10-11H,5-9H2,1-2H3,(H,19,23). The molecule has 1 fully saturated rings. The van der Waals surface area contributed by atoms with E-state index in [1.807, 2.05) is 18.7 Å². The molecular formula is C16H21Cl2N3O2. The van der Waals surface area contributed by atoms with E-state index in [2.05, 4.69) is 10.3 Å². The number of pyridine rings is 1. The first kappa shape index (κ1) is 18.0. The molecule has 0 aliphatic carbocycles. The van der Waals surface area contributed by atoms with Gasteiger partial charge in [-0.1, -0.05) is 37.0 Å². The van der Waals surface area contributed by atoms with Crippen LogP contribution in [-0.2, 0) is 4.79 Å². The highest BCUT2D eigenvalue weighted by molar-refractivity contribution is 6.34. The molecule has 5 nitrogen and oxygen atoms in total. The van der Waals surface area contributed by atoms with E-state index in [1.54, 1.807) is 12.1 Å². The van der Waals surface area contributed by atoms with Gasteiger partial charge >= 0.3 is 0 Å². The van der Waals surface area contributed by atoms with E-state index in [9.17, 15) is 9.59 Å². The summed E-state index contributed by atoms with van der Waals surface area (Å²) in [7, 11) is 0. The zero-order valence-electron chi connectivity index (χ0n) is 13.3. The quantitative estimate of drug-likeness (QED) is 0.841. The molecule has 0 aromatic carbocycles. The Bertz CT molecular complexity index is 585. The van der Waals surface area contributed by atoms with E-state index in [0.29, 0.717) is 25.4 Å². The van der Waals surface area contributed by atoms with Gasteiger partial charge < -0.3 is 10.2 Å². The average Bonchev–Trinajstić information content (AvgIpc) is 2.49. The molecule has 1 N–H and O–H groups in total. The molecule has 0 unspecified atom stereocenters. The third kappa shape index (κ3) is 5.08. The van der Waals surface area contributed by atoms with Crippen molar-refractivity contribution in [3.63, 3.8) is 0 Å². The Hall–Kier alpha value is -1.33. The van der Waals surface area contributed by atoms with Crippen molar-refractivity contribution in [2.75, 3.05) is 13.1 Å². The lowest BCUT2D eigenvalue weighted by Crippen LogP contribution is -2.46. The van der Waals surface area contributed by atoms with Crippen molar-refractivity contribution in [3.05, 3.63) is 28.0 Å². The maximum absolute atomic E-state index is 12.2. The Kier molecular flexibility index (Phi) is 6.25. The summed E-state index contributed by atoms with van der Waals surface area (Å²) in [5.74, 6) is 0.213. The summed E-state index contributed by atoms with van der Waals surface area (Å²) < 4.78 is 0. The predicted octanol–water partition coefficient (Wildman–Crippen LogP) is 3.16. The molecule has 23 heavy (non-hydrogen) atoms. The molecule has 1 aromatic rings. The number of halogens is 2. The second-order valence-electron chi connectivity index (χ2n) is 6.19. The molecule has 7 heteroatoms. The number of hydrogen-bond acceptors (Lipinski definition) is 3. The normalized spacial score (nSPS) is 15.8. The highest BCUT2D eigenvalue weighted by Gasteiger charge is 2.25. The average molecular weight is 358 g/mol. The van der Waals surface area contributed by atoms with Crippen LogP contribution in [0.1, 0.15) is 43.6 Å². The zero-order chi connectivity index (χ0) is 17.0. The molecule has 1 aromatic heterocycles. The lowest BCUT2D eigenvalue weighted by Gasteiger charge is -2.32. The van der Waals surface area contributed by atoms with E-state index in [0.717, 1.165) is 12.8 Å². The second-order valence-corrected chi connectivity index (χ2v) is 6.99. The van der Waals surface area contributed by atoms with Crippen LogP contribution in [0.15, 0.2) is 12.1 Å². The molecule has 0 spiro atoms. The first-order valence-corrected chi connectivity index (χ1v) is 8.53. The number of nitrogens with zero attached hydrogens (tertiary/aromatic N) is 2. The van der Waals surface area contributed by atoms with Crippen LogP contribution in [0.3, 0.4) is 0 Å². The number of piperidine rings is 1. The molecule has 126 valence electrons. The first-order chi connectivity index (χ1) is 10.9. The molecule has 1 aliphatic heterocycles. The van der Waals surface area contributed by atoms with Gasteiger partial charge in [0.1, 0.15) is 10.8 Å². The van der Waals surface area contributed by atoms with E-state index in [-0.39, 0.29) is 33.7 Å². The summed E-state index contributed by atoms with van der Waals surface area (Å²) in [5, 5.41) is 3.43. The van der Waals surface area contributed by atoms with Crippen molar-refractivity contribution in [3.8, 4) is 0 Å². The van der Waals surface area contributed by atoms with Crippen molar-refractivity contribution in [2.24, 2.45) is 5.92 Å². The molecular weight excluding hydrogens is 337 g/mol. The number of carbonyl (C=O) groups is 2.